The van der Waals surface area contributed by atoms with Crippen LogP contribution in [0.1, 0.15) is 26.7 Å². The Kier molecular flexibility index (Phi) is 2.62. The molecule has 0 spiro atoms. The van der Waals surface area contributed by atoms with E-state index in [2.05, 4.69) is 6.58 Å². The number of carbonyl (C=O) groups is 1. The van der Waals surface area contributed by atoms with Gasteiger partial charge in [-0.3, -0.25) is 4.79 Å². The predicted octanol–water partition coefficient (Wildman–Crippen LogP) is 2.79. The molecule has 1 aliphatic carbocycles. The third kappa shape index (κ3) is 1.31. The zero-order chi connectivity index (χ0) is 9.35. The van der Waals surface area contributed by atoms with Gasteiger partial charge in [0.1, 0.15) is 5.78 Å². The summed E-state index contributed by atoms with van der Waals surface area (Å²) in [4.78, 5) is 11.4. The molecule has 2 unspecified atom stereocenters. The van der Waals surface area contributed by atoms with Crippen LogP contribution < -0.4 is 0 Å². The Morgan fingerprint density at radius 1 is 1.83 bits per heavy atom. The van der Waals surface area contributed by atoms with Gasteiger partial charge in [0.25, 0.3) is 0 Å². The molecule has 2 atom stereocenters. The maximum Gasteiger partial charge on any atom is 0.140 e. The number of carbonyl (C=O) groups excluding carboxylic acids is 1. The molecule has 0 bridgehead atoms. The van der Waals surface area contributed by atoms with Crippen LogP contribution in [0.5, 0.6) is 0 Å². The normalized spacial score (nSPS) is 34.6. The lowest BCUT2D eigenvalue weighted by Crippen LogP contribution is -2.48. The van der Waals surface area contributed by atoms with Crippen LogP contribution in [0.25, 0.3) is 0 Å². The minimum Gasteiger partial charge on any atom is -0.299 e. The predicted molar refractivity (Wildman–Crippen MR) is 51.4 cm³/mol. The molecule has 1 saturated carbocycles. The third-order valence-corrected chi connectivity index (χ3v) is 3.19. The summed E-state index contributed by atoms with van der Waals surface area (Å²) < 4.78 is 0. The molecule has 0 radical (unpaired) electrons. The summed E-state index contributed by atoms with van der Waals surface area (Å²) in [6.45, 7) is 7.88. The highest BCUT2D eigenvalue weighted by Crippen LogP contribution is 2.49. The van der Waals surface area contributed by atoms with E-state index in [4.69, 9.17) is 11.6 Å². The van der Waals surface area contributed by atoms with E-state index in [1.807, 2.05) is 13.8 Å². The Balaban J connectivity index is 2.71. The van der Waals surface area contributed by atoms with Crippen LogP contribution in [0.4, 0.5) is 0 Å². The van der Waals surface area contributed by atoms with Crippen molar-refractivity contribution in [1.82, 2.24) is 0 Å². The smallest absolute Gasteiger partial charge is 0.140 e. The van der Waals surface area contributed by atoms with Gasteiger partial charge in [0.15, 0.2) is 0 Å². The maximum atomic E-state index is 11.4. The fraction of sp³-hybridized carbons (Fsp3) is 0.700. The first-order valence-electron chi connectivity index (χ1n) is 4.27. The first-order valence-corrected chi connectivity index (χ1v) is 4.80. The lowest BCUT2D eigenvalue weighted by Gasteiger charge is -2.45. The molecule has 68 valence electrons. The van der Waals surface area contributed by atoms with Gasteiger partial charge in [-0.25, -0.2) is 0 Å². The highest BCUT2D eigenvalue weighted by Gasteiger charge is 2.50. The first-order chi connectivity index (χ1) is 5.52. The topological polar surface area (TPSA) is 17.1 Å². The van der Waals surface area contributed by atoms with Crippen LogP contribution in [0.15, 0.2) is 12.2 Å². The molecular formula is C10H15ClO. The van der Waals surface area contributed by atoms with Crippen LogP contribution >= 0.6 is 11.6 Å². The van der Waals surface area contributed by atoms with Crippen molar-refractivity contribution in [2.75, 3.05) is 5.88 Å². The highest BCUT2D eigenvalue weighted by atomic mass is 35.5. The van der Waals surface area contributed by atoms with E-state index in [1.165, 1.54) is 0 Å². The molecule has 0 aromatic carbocycles. The van der Waals surface area contributed by atoms with E-state index in [1.54, 1.807) is 0 Å². The zero-order valence-corrected chi connectivity index (χ0v) is 8.45. The van der Waals surface area contributed by atoms with E-state index in [0.717, 1.165) is 12.0 Å². The summed E-state index contributed by atoms with van der Waals surface area (Å²) in [6.07, 6.45) is 1.45. The second kappa shape index (κ2) is 3.21. The van der Waals surface area contributed by atoms with E-state index >= 15 is 0 Å². The number of halogens is 1. The van der Waals surface area contributed by atoms with Gasteiger partial charge in [-0.1, -0.05) is 19.1 Å². The minimum absolute atomic E-state index is 0.201. The van der Waals surface area contributed by atoms with Gasteiger partial charge >= 0.3 is 0 Å². The van der Waals surface area contributed by atoms with Gasteiger partial charge in [-0.2, -0.15) is 0 Å². The van der Waals surface area contributed by atoms with Crippen molar-refractivity contribution in [3.63, 3.8) is 0 Å². The molecule has 0 saturated heterocycles. The van der Waals surface area contributed by atoms with E-state index in [0.29, 0.717) is 24.0 Å². The minimum atomic E-state index is -0.201. The second-order valence-electron chi connectivity index (χ2n) is 3.88. The van der Waals surface area contributed by atoms with E-state index in [-0.39, 0.29) is 5.41 Å². The first kappa shape index (κ1) is 9.79. The molecule has 1 nitrogen and oxygen atoms in total. The van der Waals surface area contributed by atoms with Crippen LogP contribution in [-0.2, 0) is 4.79 Å². The highest BCUT2D eigenvalue weighted by molar-refractivity contribution is 6.18. The molecule has 0 heterocycles. The molecule has 2 heteroatoms. The second-order valence-corrected chi connectivity index (χ2v) is 4.26. The summed E-state index contributed by atoms with van der Waals surface area (Å²) in [5.74, 6) is 1.27. The van der Waals surface area contributed by atoms with Crippen molar-refractivity contribution >= 4 is 17.4 Å². The Morgan fingerprint density at radius 2 is 2.42 bits per heavy atom. The van der Waals surface area contributed by atoms with Crippen molar-refractivity contribution < 1.29 is 4.79 Å². The quantitative estimate of drug-likeness (QED) is 0.490. The Hall–Kier alpha value is -0.300. The molecule has 1 rings (SSSR count). The third-order valence-electron chi connectivity index (χ3n) is 3.00. The van der Waals surface area contributed by atoms with Crippen LogP contribution in [0, 0.1) is 11.3 Å². The van der Waals surface area contributed by atoms with Crippen molar-refractivity contribution in [2.45, 2.75) is 26.7 Å². The van der Waals surface area contributed by atoms with Gasteiger partial charge in [0, 0.05) is 17.7 Å². The fourth-order valence-electron chi connectivity index (χ4n) is 1.94. The summed E-state index contributed by atoms with van der Waals surface area (Å²) in [5.41, 5.74) is 0.912. The number of Topliss-reactive ketones (excluding diaryl/α,β-unsaturated/α-hetero) is 1. The lowest BCUT2D eigenvalue weighted by atomic mass is 9.57. The summed E-state index contributed by atoms with van der Waals surface area (Å²) in [6, 6.07) is 0. The van der Waals surface area contributed by atoms with Crippen molar-refractivity contribution in [3.8, 4) is 0 Å². The molecule has 0 aromatic heterocycles. The number of hydrogen-bond donors (Lipinski definition) is 0. The van der Waals surface area contributed by atoms with Crippen LogP contribution in [-0.4, -0.2) is 11.7 Å². The Labute approximate surface area is 78.8 Å². The Bertz CT molecular complexity index is 222. The number of ketones is 1. The SMILES string of the molecule is C=C(C)C1CC(=O)C1(C)CCCl. The molecule has 0 N–H and O–H groups in total. The zero-order valence-electron chi connectivity index (χ0n) is 7.69. The van der Waals surface area contributed by atoms with E-state index in [9.17, 15) is 4.79 Å². The summed E-state index contributed by atoms with van der Waals surface area (Å²) >= 11 is 5.65. The average Bonchev–Trinajstić information content (AvgIpc) is 2.00. The lowest BCUT2D eigenvalue weighted by molar-refractivity contribution is -0.142. The number of alkyl halides is 1. The van der Waals surface area contributed by atoms with Gasteiger partial charge in [-0.15, -0.1) is 11.6 Å². The largest absolute Gasteiger partial charge is 0.299 e. The fourth-order valence-corrected chi connectivity index (χ4v) is 2.33. The summed E-state index contributed by atoms with van der Waals surface area (Å²) in [5, 5.41) is 0. The van der Waals surface area contributed by atoms with Crippen LogP contribution in [0.3, 0.4) is 0 Å². The number of allylic oxidation sites excluding steroid dienone is 1. The van der Waals surface area contributed by atoms with Crippen molar-refractivity contribution in [3.05, 3.63) is 12.2 Å². The van der Waals surface area contributed by atoms with Gasteiger partial charge in [0.2, 0.25) is 0 Å². The van der Waals surface area contributed by atoms with Crippen molar-refractivity contribution in [1.29, 1.82) is 0 Å². The number of hydrogen-bond acceptors (Lipinski definition) is 1. The number of rotatable bonds is 3. The molecule has 0 amide bonds. The Morgan fingerprint density at radius 3 is 2.75 bits per heavy atom. The summed E-state index contributed by atoms with van der Waals surface area (Å²) in [7, 11) is 0. The van der Waals surface area contributed by atoms with Crippen LogP contribution in [0.2, 0.25) is 0 Å². The van der Waals surface area contributed by atoms with Crippen molar-refractivity contribution in [2.24, 2.45) is 11.3 Å². The monoisotopic (exact) mass is 186 g/mol. The molecule has 0 aromatic rings. The van der Waals surface area contributed by atoms with Gasteiger partial charge < -0.3 is 0 Å². The molecule has 1 fully saturated rings. The van der Waals surface area contributed by atoms with Gasteiger partial charge in [0.05, 0.1) is 0 Å². The molecule has 1 aliphatic rings. The average molecular weight is 187 g/mol. The standard InChI is InChI=1S/C10H15ClO/c1-7(2)8-6-9(12)10(8,3)4-5-11/h8H,1,4-6H2,2-3H3. The molecule has 12 heavy (non-hydrogen) atoms. The van der Waals surface area contributed by atoms with E-state index < -0.39 is 0 Å². The van der Waals surface area contributed by atoms with Gasteiger partial charge in [-0.05, 0) is 19.3 Å². The maximum absolute atomic E-state index is 11.4. The molecular weight excluding hydrogens is 172 g/mol. The molecule has 0 aliphatic heterocycles.